The molecule has 6 heteroatoms. The van der Waals surface area contributed by atoms with Crippen LogP contribution in [-0.4, -0.2) is 22.7 Å². The second-order valence-electron chi connectivity index (χ2n) is 8.05. The number of carbonyl (C=O) groups is 1. The number of rotatable bonds is 4. The van der Waals surface area contributed by atoms with Crippen LogP contribution in [0.1, 0.15) is 29.5 Å². The van der Waals surface area contributed by atoms with Gasteiger partial charge in [0.25, 0.3) is 5.91 Å². The third kappa shape index (κ3) is 3.21. The Morgan fingerprint density at radius 1 is 1.06 bits per heavy atom. The first-order valence-electron chi connectivity index (χ1n) is 9.99. The van der Waals surface area contributed by atoms with Gasteiger partial charge in [0.05, 0.1) is 28.5 Å². The molecule has 4 nitrogen and oxygen atoms in total. The molecule has 0 spiro atoms. The highest BCUT2D eigenvalue weighted by atomic mass is 35.5. The maximum Gasteiger partial charge on any atom is 0.260 e. The lowest BCUT2D eigenvalue weighted by molar-refractivity contribution is -0.110. The summed E-state index contributed by atoms with van der Waals surface area (Å²) in [5.41, 5.74) is 3.38. The number of benzene rings is 3. The number of aliphatic hydroxyl groups is 2. The molecule has 3 aromatic carbocycles. The van der Waals surface area contributed by atoms with Crippen molar-refractivity contribution in [2.24, 2.45) is 0 Å². The van der Waals surface area contributed by atoms with Crippen LogP contribution in [0.2, 0.25) is 5.02 Å². The molecule has 1 heterocycles. The third-order valence-corrected chi connectivity index (χ3v) is 6.49. The number of fused-ring (bicyclic) bond motifs is 1. The van der Waals surface area contributed by atoms with E-state index in [-0.39, 0.29) is 23.2 Å². The fraction of sp³-hybridized carbons (Fsp3) is 0.160. The van der Waals surface area contributed by atoms with Crippen molar-refractivity contribution in [1.82, 2.24) is 0 Å². The maximum absolute atomic E-state index is 14.2. The lowest BCUT2D eigenvalue weighted by atomic mass is 9.93. The zero-order chi connectivity index (χ0) is 21.8. The SMILES string of the molecule is O=C1Nc2cc(Cl)c(-c3ccc(C4(CO)CC4)cc3)cc2C1=C(O)c1ccccc1F. The molecule has 0 radical (unpaired) electrons. The Morgan fingerprint density at radius 2 is 1.77 bits per heavy atom. The summed E-state index contributed by atoms with van der Waals surface area (Å²) < 4.78 is 14.2. The van der Waals surface area contributed by atoms with Crippen molar-refractivity contribution in [2.45, 2.75) is 18.3 Å². The number of nitrogens with one attached hydrogen (secondary N) is 1. The van der Waals surface area contributed by atoms with Gasteiger partial charge >= 0.3 is 0 Å². The Kier molecular flexibility index (Phi) is 4.61. The number of amides is 1. The van der Waals surface area contributed by atoms with Gasteiger partial charge in [-0.15, -0.1) is 0 Å². The van der Waals surface area contributed by atoms with Crippen LogP contribution >= 0.6 is 11.6 Å². The first-order chi connectivity index (χ1) is 14.9. The minimum Gasteiger partial charge on any atom is -0.506 e. The zero-order valence-electron chi connectivity index (χ0n) is 16.5. The molecule has 1 saturated carbocycles. The van der Waals surface area contributed by atoms with Crippen LogP contribution in [0.25, 0.3) is 22.5 Å². The topological polar surface area (TPSA) is 69.6 Å². The van der Waals surface area contributed by atoms with Gasteiger partial charge in [0, 0.05) is 16.5 Å². The van der Waals surface area contributed by atoms with Crippen LogP contribution in [-0.2, 0) is 10.2 Å². The third-order valence-electron chi connectivity index (χ3n) is 6.18. The molecule has 1 aliphatic heterocycles. The van der Waals surface area contributed by atoms with Crippen molar-refractivity contribution in [3.05, 3.63) is 88.2 Å². The monoisotopic (exact) mass is 435 g/mol. The van der Waals surface area contributed by atoms with E-state index in [9.17, 15) is 19.4 Å². The average Bonchev–Trinajstić information content (AvgIpc) is 3.50. The highest BCUT2D eigenvalue weighted by molar-refractivity contribution is 6.38. The first-order valence-corrected chi connectivity index (χ1v) is 10.4. The standard InChI is InChI=1S/C25H19ClFNO3/c26-19-12-21-18(22(24(31)28-21)23(30)16-3-1-2-4-20(16)27)11-17(19)14-5-7-15(8-6-14)25(13-29)9-10-25/h1-8,11-12,29-30H,9-10,13H2,(H,28,31). The fourth-order valence-electron chi connectivity index (χ4n) is 4.13. The second-order valence-corrected chi connectivity index (χ2v) is 8.46. The molecule has 156 valence electrons. The summed E-state index contributed by atoms with van der Waals surface area (Å²) in [7, 11) is 0. The van der Waals surface area contributed by atoms with Crippen LogP contribution in [0.5, 0.6) is 0 Å². The normalized spacial score (nSPS) is 17.8. The van der Waals surface area contributed by atoms with Crippen LogP contribution in [0.4, 0.5) is 10.1 Å². The van der Waals surface area contributed by atoms with E-state index in [1.165, 1.54) is 18.2 Å². The summed E-state index contributed by atoms with van der Waals surface area (Å²) >= 11 is 6.50. The summed E-state index contributed by atoms with van der Waals surface area (Å²) in [5.74, 6) is -1.55. The van der Waals surface area contributed by atoms with Gasteiger partial charge in [-0.25, -0.2) is 4.39 Å². The first kappa shape index (κ1) is 19.8. The number of hydrogen-bond donors (Lipinski definition) is 3. The molecule has 1 amide bonds. The van der Waals surface area contributed by atoms with E-state index in [1.54, 1.807) is 18.2 Å². The lowest BCUT2D eigenvalue weighted by Gasteiger charge is -2.14. The van der Waals surface area contributed by atoms with E-state index < -0.39 is 17.5 Å². The summed E-state index contributed by atoms with van der Waals surface area (Å²) in [4.78, 5) is 12.6. The summed E-state index contributed by atoms with van der Waals surface area (Å²) in [6.07, 6.45) is 1.94. The molecule has 1 fully saturated rings. The Morgan fingerprint density at radius 3 is 2.42 bits per heavy atom. The molecule has 31 heavy (non-hydrogen) atoms. The van der Waals surface area contributed by atoms with Crippen LogP contribution in [0.3, 0.4) is 0 Å². The molecule has 3 aromatic rings. The van der Waals surface area contributed by atoms with Crippen LogP contribution in [0.15, 0.2) is 60.7 Å². The molecule has 2 aliphatic rings. The summed E-state index contributed by atoms with van der Waals surface area (Å²) in [5, 5.41) is 23.5. The molecular weight excluding hydrogens is 417 g/mol. The fourth-order valence-corrected chi connectivity index (χ4v) is 4.40. The predicted octanol–water partition coefficient (Wildman–Crippen LogP) is 5.55. The van der Waals surface area contributed by atoms with E-state index in [2.05, 4.69) is 5.32 Å². The Bertz CT molecular complexity index is 1250. The minimum atomic E-state index is -0.614. The molecule has 0 aromatic heterocycles. The van der Waals surface area contributed by atoms with Gasteiger partial charge in [-0.1, -0.05) is 48.0 Å². The van der Waals surface area contributed by atoms with Crippen molar-refractivity contribution in [1.29, 1.82) is 0 Å². The predicted molar refractivity (Wildman–Crippen MR) is 119 cm³/mol. The molecular formula is C25H19ClFNO3. The maximum atomic E-state index is 14.2. The lowest BCUT2D eigenvalue weighted by Crippen LogP contribution is -2.11. The number of hydrogen-bond acceptors (Lipinski definition) is 3. The Hall–Kier alpha value is -3.15. The van der Waals surface area contributed by atoms with Crippen molar-refractivity contribution in [3.63, 3.8) is 0 Å². The van der Waals surface area contributed by atoms with Crippen molar-refractivity contribution in [3.8, 4) is 11.1 Å². The Balaban J connectivity index is 1.60. The number of halogens is 2. The highest BCUT2D eigenvalue weighted by Crippen LogP contribution is 2.48. The second kappa shape index (κ2) is 7.22. The molecule has 3 N–H and O–H groups in total. The average molecular weight is 436 g/mol. The molecule has 1 aliphatic carbocycles. The largest absolute Gasteiger partial charge is 0.506 e. The van der Waals surface area contributed by atoms with Crippen molar-refractivity contribution in [2.75, 3.05) is 11.9 Å². The van der Waals surface area contributed by atoms with Gasteiger partial charge in [-0.3, -0.25) is 4.79 Å². The van der Waals surface area contributed by atoms with Gasteiger partial charge in [0.15, 0.2) is 0 Å². The molecule has 0 atom stereocenters. The van der Waals surface area contributed by atoms with Gasteiger partial charge in [-0.2, -0.15) is 0 Å². The molecule has 0 unspecified atom stereocenters. The smallest absolute Gasteiger partial charge is 0.260 e. The summed E-state index contributed by atoms with van der Waals surface area (Å²) in [6, 6.07) is 17.0. The van der Waals surface area contributed by atoms with E-state index >= 15 is 0 Å². The number of carbonyl (C=O) groups excluding carboxylic acids is 1. The van der Waals surface area contributed by atoms with Crippen molar-refractivity contribution < 1.29 is 19.4 Å². The molecule has 5 rings (SSSR count). The van der Waals surface area contributed by atoms with Crippen molar-refractivity contribution >= 4 is 34.5 Å². The zero-order valence-corrected chi connectivity index (χ0v) is 17.2. The summed E-state index contributed by atoms with van der Waals surface area (Å²) in [6.45, 7) is 0.128. The number of anilines is 1. The highest BCUT2D eigenvalue weighted by Gasteiger charge is 2.43. The van der Waals surface area contributed by atoms with E-state index in [0.717, 1.165) is 24.0 Å². The minimum absolute atomic E-state index is 0.00634. The van der Waals surface area contributed by atoms with Gasteiger partial charge < -0.3 is 15.5 Å². The van der Waals surface area contributed by atoms with Gasteiger partial charge in [0.2, 0.25) is 0 Å². The molecule has 0 bridgehead atoms. The van der Waals surface area contributed by atoms with Crippen LogP contribution in [0, 0.1) is 5.82 Å². The van der Waals surface area contributed by atoms with Crippen LogP contribution < -0.4 is 5.32 Å². The van der Waals surface area contributed by atoms with Gasteiger partial charge in [-0.05, 0) is 48.2 Å². The molecule has 0 saturated heterocycles. The number of aliphatic hydroxyl groups excluding tert-OH is 2. The van der Waals surface area contributed by atoms with Gasteiger partial charge in [0.1, 0.15) is 11.6 Å². The Labute approximate surface area is 183 Å². The van der Waals surface area contributed by atoms with E-state index in [0.29, 0.717) is 21.8 Å². The van der Waals surface area contributed by atoms with E-state index in [4.69, 9.17) is 11.6 Å². The quantitative estimate of drug-likeness (QED) is 0.372. The van der Waals surface area contributed by atoms with E-state index in [1.807, 2.05) is 24.3 Å².